The third kappa shape index (κ3) is 3.07. The van der Waals surface area contributed by atoms with E-state index in [0.717, 1.165) is 11.1 Å². The minimum absolute atomic E-state index is 0.0337. The fraction of sp³-hybridized carbons (Fsp3) is 0.381. The molecule has 0 N–H and O–H groups in total. The van der Waals surface area contributed by atoms with Gasteiger partial charge in [0, 0.05) is 35.3 Å². The Kier molecular flexibility index (Phi) is 4.70. The molecule has 5 rings (SSSR count). The van der Waals surface area contributed by atoms with Crippen molar-refractivity contribution in [1.29, 1.82) is 0 Å². The second-order valence-electron chi connectivity index (χ2n) is 8.11. The first-order valence-corrected chi connectivity index (χ1v) is 10.5. The van der Waals surface area contributed by atoms with E-state index in [0.29, 0.717) is 31.0 Å². The van der Waals surface area contributed by atoms with Gasteiger partial charge in [0.15, 0.2) is 0 Å². The Morgan fingerprint density at radius 3 is 2.37 bits per heavy atom. The van der Waals surface area contributed by atoms with Gasteiger partial charge in [0.25, 0.3) is 0 Å². The lowest BCUT2D eigenvalue weighted by atomic mass is 9.76. The van der Waals surface area contributed by atoms with Crippen LogP contribution >= 0.6 is 35.0 Å². The Morgan fingerprint density at radius 1 is 1.03 bits per heavy atom. The third-order valence-corrected chi connectivity index (χ3v) is 6.93. The van der Waals surface area contributed by atoms with E-state index in [2.05, 4.69) is 4.99 Å². The molecule has 2 aromatic rings. The highest BCUT2D eigenvalue weighted by molar-refractivity contribution is 6.34. The van der Waals surface area contributed by atoms with E-state index in [1.807, 2.05) is 18.2 Å². The van der Waals surface area contributed by atoms with E-state index >= 15 is 0 Å². The summed E-state index contributed by atoms with van der Waals surface area (Å²) in [5.74, 6) is 0. The van der Waals surface area contributed by atoms with Crippen molar-refractivity contribution >= 4 is 40.7 Å². The lowest BCUT2D eigenvalue weighted by Gasteiger charge is -2.43. The molecular formula is C21H16Cl3F3N2O. The molecule has 1 unspecified atom stereocenters. The molecule has 0 bridgehead atoms. The van der Waals surface area contributed by atoms with Gasteiger partial charge in [-0.2, -0.15) is 13.2 Å². The van der Waals surface area contributed by atoms with Gasteiger partial charge in [0.1, 0.15) is 11.0 Å². The molecule has 3 heterocycles. The molecule has 3 aliphatic heterocycles. The van der Waals surface area contributed by atoms with Crippen LogP contribution in [0.4, 0.5) is 13.2 Å². The summed E-state index contributed by atoms with van der Waals surface area (Å²) in [6.07, 6.45) is -4.78. The zero-order chi connectivity index (χ0) is 21.3. The molecule has 9 heteroatoms. The van der Waals surface area contributed by atoms with Crippen LogP contribution in [0.5, 0.6) is 0 Å². The fourth-order valence-corrected chi connectivity index (χ4v) is 5.51. The van der Waals surface area contributed by atoms with Gasteiger partial charge < -0.3 is 4.74 Å². The van der Waals surface area contributed by atoms with Crippen LogP contribution in [0.1, 0.15) is 28.7 Å². The maximum atomic E-state index is 14.3. The van der Waals surface area contributed by atoms with Crippen molar-refractivity contribution in [2.75, 3.05) is 19.6 Å². The number of benzene rings is 2. The first-order valence-electron chi connectivity index (χ1n) is 9.37. The molecule has 158 valence electrons. The molecule has 2 aromatic carbocycles. The number of hydrogen-bond acceptors (Lipinski definition) is 3. The molecule has 3 nitrogen and oxygen atoms in total. The molecule has 0 aliphatic carbocycles. The molecule has 0 saturated carbocycles. The average molecular weight is 476 g/mol. The quantitative estimate of drug-likeness (QED) is 0.507. The Bertz CT molecular complexity index is 1050. The highest BCUT2D eigenvalue weighted by atomic mass is 35.5. The van der Waals surface area contributed by atoms with Crippen molar-refractivity contribution < 1.29 is 17.9 Å². The van der Waals surface area contributed by atoms with Crippen molar-refractivity contribution in [3.63, 3.8) is 0 Å². The predicted octanol–water partition coefficient (Wildman–Crippen LogP) is 5.88. The minimum atomic E-state index is -4.51. The Balaban J connectivity index is 1.48. The zero-order valence-corrected chi connectivity index (χ0v) is 17.8. The lowest BCUT2D eigenvalue weighted by molar-refractivity contribution is -0.183. The maximum Gasteiger partial charge on any atom is 0.400 e. The normalized spacial score (nSPS) is 25.3. The van der Waals surface area contributed by atoms with Crippen LogP contribution in [0.3, 0.4) is 0 Å². The van der Waals surface area contributed by atoms with Crippen LogP contribution in [-0.4, -0.2) is 35.9 Å². The van der Waals surface area contributed by atoms with Crippen molar-refractivity contribution in [3.8, 4) is 0 Å². The van der Waals surface area contributed by atoms with Gasteiger partial charge in [-0.25, -0.2) is 4.42 Å². The number of alkyl halides is 3. The van der Waals surface area contributed by atoms with Crippen LogP contribution in [0.2, 0.25) is 10.0 Å². The third-order valence-electron chi connectivity index (χ3n) is 6.25. The summed E-state index contributed by atoms with van der Waals surface area (Å²) in [5, 5.41) is 0.340. The number of fused-ring (bicyclic) bond motifs is 2. The van der Waals surface area contributed by atoms with Crippen molar-refractivity contribution in [2.45, 2.75) is 30.2 Å². The van der Waals surface area contributed by atoms with Gasteiger partial charge in [0.05, 0.1) is 13.2 Å². The van der Waals surface area contributed by atoms with Gasteiger partial charge in [-0.15, -0.1) is 0 Å². The van der Waals surface area contributed by atoms with Gasteiger partial charge >= 0.3 is 6.18 Å². The maximum absolute atomic E-state index is 14.3. The molecule has 0 radical (unpaired) electrons. The topological polar surface area (TPSA) is 24.8 Å². The van der Waals surface area contributed by atoms with E-state index in [1.54, 1.807) is 4.42 Å². The highest BCUT2D eigenvalue weighted by Crippen LogP contribution is 2.49. The summed E-state index contributed by atoms with van der Waals surface area (Å²) in [4.78, 5) is 4.31. The minimum Gasteiger partial charge on any atom is -0.363 e. The molecule has 1 fully saturated rings. The van der Waals surface area contributed by atoms with Crippen molar-refractivity contribution in [3.05, 3.63) is 68.7 Å². The summed E-state index contributed by atoms with van der Waals surface area (Å²) in [6.45, 7) is 1.19. The first-order chi connectivity index (χ1) is 14.1. The number of rotatable bonds is 2. The number of ether oxygens (including phenoxy) is 1. The molecule has 1 saturated heterocycles. The summed E-state index contributed by atoms with van der Waals surface area (Å²) in [6, 6.07) is 9.71. The monoisotopic (exact) mass is 474 g/mol. The Hall–Kier alpha value is -1.31. The summed E-state index contributed by atoms with van der Waals surface area (Å²) >= 11 is 18.0. The first kappa shape index (κ1) is 20.6. The van der Waals surface area contributed by atoms with E-state index < -0.39 is 23.7 Å². The molecule has 0 aromatic heterocycles. The second-order valence-corrected chi connectivity index (χ2v) is 9.46. The van der Waals surface area contributed by atoms with Crippen LogP contribution in [0.25, 0.3) is 0 Å². The van der Waals surface area contributed by atoms with Crippen LogP contribution in [-0.2, 0) is 22.4 Å². The van der Waals surface area contributed by atoms with Crippen LogP contribution in [0.15, 0.2) is 41.4 Å². The van der Waals surface area contributed by atoms with E-state index in [9.17, 15) is 13.2 Å². The smallest absolute Gasteiger partial charge is 0.363 e. The molecule has 1 spiro atoms. The average Bonchev–Trinajstić information content (AvgIpc) is 3.24. The van der Waals surface area contributed by atoms with Crippen molar-refractivity contribution in [2.24, 2.45) is 4.99 Å². The van der Waals surface area contributed by atoms with Crippen LogP contribution in [0, 0.1) is 0 Å². The van der Waals surface area contributed by atoms with E-state index in [4.69, 9.17) is 39.7 Å². The summed E-state index contributed by atoms with van der Waals surface area (Å²) < 4.78 is 50.4. The molecular weight excluding hydrogens is 460 g/mol. The summed E-state index contributed by atoms with van der Waals surface area (Å²) in [7, 11) is 0. The van der Waals surface area contributed by atoms with Crippen LogP contribution < -0.4 is 0 Å². The molecule has 3 aliphatic rings. The Labute approximate surface area is 186 Å². The lowest BCUT2D eigenvalue weighted by Crippen LogP contribution is -2.54. The fourth-order valence-electron chi connectivity index (χ4n) is 4.60. The van der Waals surface area contributed by atoms with Gasteiger partial charge in [-0.05, 0) is 58.3 Å². The largest absolute Gasteiger partial charge is 0.400 e. The molecule has 0 amide bonds. The molecule has 30 heavy (non-hydrogen) atoms. The van der Waals surface area contributed by atoms with E-state index in [-0.39, 0.29) is 22.0 Å². The number of aliphatic imine (C=N–C) groups is 1. The van der Waals surface area contributed by atoms with Gasteiger partial charge in [0.2, 0.25) is 0 Å². The number of halogens is 6. The van der Waals surface area contributed by atoms with Crippen molar-refractivity contribution in [1.82, 2.24) is 4.42 Å². The highest BCUT2D eigenvalue weighted by Gasteiger charge is 2.58. The standard InChI is InChI=1S/C21H16Cl3F3N2O/c22-15-4-14(5-16(23)6-15)19(21(25,26)27)7-18(28-9-19)12-1-2-17-13(3-12)8-30-20(17)10-29(24)11-20/h1-6H,7-11H2. The predicted molar refractivity (Wildman–Crippen MR) is 111 cm³/mol. The number of nitrogens with zero attached hydrogens (tertiary/aromatic N) is 2. The Morgan fingerprint density at radius 2 is 1.73 bits per heavy atom. The molecule has 1 atom stereocenters. The SMILES string of the molecule is FC(F)(F)C1(c2cc(Cl)cc(Cl)c2)CN=C(c2ccc3c(c2)COC32CN(Cl)C2)C1. The second kappa shape index (κ2) is 6.84. The number of hydrogen-bond donors (Lipinski definition) is 0. The summed E-state index contributed by atoms with van der Waals surface area (Å²) in [5.41, 5.74) is 0.587. The van der Waals surface area contributed by atoms with Gasteiger partial charge in [-0.3, -0.25) is 4.99 Å². The zero-order valence-electron chi connectivity index (χ0n) is 15.6. The van der Waals surface area contributed by atoms with E-state index in [1.165, 1.54) is 18.2 Å². The van der Waals surface area contributed by atoms with Gasteiger partial charge in [-0.1, -0.05) is 35.3 Å².